The number of amides is 1. The van der Waals surface area contributed by atoms with Crippen LogP contribution in [0.3, 0.4) is 0 Å². The lowest BCUT2D eigenvalue weighted by molar-refractivity contribution is 0.0944. The average Bonchev–Trinajstić information content (AvgIpc) is 2.84. The quantitative estimate of drug-likeness (QED) is 0.681. The molecule has 6 heteroatoms. The molecule has 6 nitrogen and oxygen atoms in total. The van der Waals surface area contributed by atoms with Crippen LogP contribution in [-0.4, -0.2) is 16.1 Å². The number of H-pyrrole nitrogens is 1. The Labute approximate surface area is 85.5 Å². The third kappa shape index (κ3) is 1.98. The summed E-state index contributed by atoms with van der Waals surface area (Å²) in [5.74, 6) is 0.378. The zero-order valence-electron chi connectivity index (χ0n) is 7.86. The van der Waals surface area contributed by atoms with Gasteiger partial charge in [0.15, 0.2) is 0 Å². The van der Waals surface area contributed by atoms with Gasteiger partial charge >= 0.3 is 0 Å². The molecule has 0 saturated carbocycles. The molecule has 2 aromatic rings. The summed E-state index contributed by atoms with van der Waals surface area (Å²) >= 11 is 0. The van der Waals surface area contributed by atoms with Crippen molar-refractivity contribution < 1.29 is 9.21 Å². The standard InChI is InChI=1S/C9H10N4O2/c10-7-5-12-13-8(7)9(14)11-4-6-2-1-3-15-6/h1-3,5H,4,10H2,(H,11,14)(H,12,13). The lowest BCUT2D eigenvalue weighted by Crippen LogP contribution is -2.23. The topological polar surface area (TPSA) is 96.9 Å². The van der Waals surface area contributed by atoms with Gasteiger partial charge in [0.05, 0.1) is 24.7 Å². The number of aromatic amines is 1. The van der Waals surface area contributed by atoms with E-state index in [0.717, 1.165) is 0 Å². The first-order valence-corrected chi connectivity index (χ1v) is 4.37. The highest BCUT2D eigenvalue weighted by atomic mass is 16.3. The molecule has 1 amide bonds. The van der Waals surface area contributed by atoms with Crippen molar-refractivity contribution in [1.82, 2.24) is 15.5 Å². The van der Waals surface area contributed by atoms with Crippen molar-refractivity contribution in [3.05, 3.63) is 36.0 Å². The normalized spacial score (nSPS) is 10.1. The molecule has 78 valence electrons. The monoisotopic (exact) mass is 206 g/mol. The lowest BCUT2D eigenvalue weighted by Gasteiger charge is -2.01. The van der Waals surface area contributed by atoms with E-state index in [4.69, 9.17) is 10.2 Å². The fraction of sp³-hybridized carbons (Fsp3) is 0.111. The molecule has 0 fully saturated rings. The second kappa shape index (κ2) is 3.87. The van der Waals surface area contributed by atoms with Crippen LogP contribution >= 0.6 is 0 Å². The van der Waals surface area contributed by atoms with Gasteiger partial charge in [-0.1, -0.05) is 0 Å². The molecule has 0 atom stereocenters. The predicted molar refractivity (Wildman–Crippen MR) is 52.9 cm³/mol. The molecular weight excluding hydrogens is 196 g/mol. The van der Waals surface area contributed by atoms with Gasteiger partial charge in [0, 0.05) is 0 Å². The molecule has 0 saturated heterocycles. The molecule has 0 aliphatic rings. The Morgan fingerprint density at radius 3 is 3.13 bits per heavy atom. The number of nitrogen functional groups attached to an aromatic ring is 1. The first kappa shape index (κ1) is 9.32. The number of furan rings is 1. The van der Waals surface area contributed by atoms with E-state index in [2.05, 4.69) is 15.5 Å². The van der Waals surface area contributed by atoms with E-state index in [9.17, 15) is 4.79 Å². The van der Waals surface area contributed by atoms with Gasteiger partial charge in [0.2, 0.25) is 0 Å². The highest BCUT2D eigenvalue weighted by Crippen LogP contribution is 2.06. The summed E-state index contributed by atoms with van der Waals surface area (Å²) < 4.78 is 5.06. The summed E-state index contributed by atoms with van der Waals surface area (Å²) in [4.78, 5) is 11.5. The van der Waals surface area contributed by atoms with Crippen molar-refractivity contribution in [2.45, 2.75) is 6.54 Å². The number of hydrogen-bond donors (Lipinski definition) is 3. The molecule has 2 rings (SSSR count). The molecule has 0 unspecified atom stereocenters. The molecule has 0 bridgehead atoms. The molecule has 2 aromatic heterocycles. The smallest absolute Gasteiger partial charge is 0.271 e. The van der Waals surface area contributed by atoms with E-state index in [1.54, 1.807) is 18.4 Å². The predicted octanol–water partition coefficient (Wildman–Crippen LogP) is 0.515. The summed E-state index contributed by atoms with van der Waals surface area (Å²) in [6.07, 6.45) is 2.94. The summed E-state index contributed by atoms with van der Waals surface area (Å²) in [6, 6.07) is 3.53. The number of rotatable bonds is 3. The third-order valence-electron chi connectivity index (χ3n) is 1.90. The van der Waals surface area contributed by atoms with E-state index in [1.165, 1.54) is 6.20 Å². The van der Waals surface area contributed by atoms with Crippen LogP contribution in [0.15, 0.2) is 29.0 Å². The average molecular weight is 206 g/mol. The zero-order valence-corrected chi connectivity index (χ0v) is 7.86. The second-order valence-electron chi connectivity index (χ2n) is 2.96. The third-order valence-corrected chi connectivity index (χ3v) is 1.90. The summed E-state index contributed by atoms with van der Waals surface area (Å²) in [5, 5.41) is 8.82. The minimum atomic E-state index is -0.304. The molecule has 4 N–H and O–H groups in total. The fourth-order valence-electron chi connectivity index (χ4n) is 1.15. The van der Waals surface area contributed by atoms with Gasteiger partial charge in [0.25, 0.3) is 5.91 Å². The van der Waals surface area contributed by atoms with Gasteiger partial charge in [-0.15, -0.1) is 0 Å². The van der Waals surface area contributed by atoms with Crippen LogP contribution in [0.25, 0.3) is 0 Å². The van der Waals surface area contributed by atoms with Crippen LogP contribution in [0.5, 0.6) is 0 Å². The Morgan fingerprint density at radius 2 is 2.53 bits per heavy atom. The number of carbonyl (C=O) groups is 1. The van der Waals surface area contributed by atoms with Crippen LogP contribution in [0.1, 0.15) is 16.2 Å². The number of nitrogens with zero attached hydrogens (tertiary/aromatic N) is 1. The van der Waals surface area contributed by atoms with Gasteiger partial charge < -0.3 is 15.5 Å². The number of nitrogens with two attached hydrogens (primary N) is 1. The van der Waals surface area contributed by atoms with E-state index < -0.39 is 0 Å². The van der Waals surface area contributed by atoms with E-state index in [0.29, 0.717) is 18.0 Å². The summed E-state index contributed by atoms with van der Waals surface area (Å²) in [7, 11) is 0. The highest BCUT2D eigenvalue weighted by molar-refractivity contribution is 5.96. The van der Waals surface area contributed by atoms with Gasteiger partial charge in [-0.2, -0.15) is 5.10 Å². The Bertz CT molecular complexity index is 446. The number of anilines is 1. The van der Waals surface area contributed by atoms with Crippen LogP contribution in [0, 0.1) is 0 Å². The van der Waals surface area contributed by atoms with Crippen LogP contribution in [0.2, 0.25) is 0 Å². The maximum atomic E-state index is 11.5. The van der Waals surface area contributed by atoms with Gasteiger partial charge in [0.1, 0.15) is 11.5 Å². The van der Waals surface area contributed by atoms with Crippen molar-refractivity contribution >= 4 is 11.6 Å². The Morgan fingerprint density at radius 1 is 1.67 bits per heavy atom. The molecule has 0 radical (unpaired) electrons. The summed E-state index contributed by atoms with van der Waals surface area (Å²) in [5.41, 5.74) is 6.10. The van der Waals surface area contributed by atoms with E-state index >= 15 is 0 Å². The SMILES string of the molecule is Nc1cn[nH]c1C(=O)NCc1ccco1. The number of hydrogen-bond acceptors (Lipinski definition) is 4. The summed E-state index contributed by atoms with van der Waals surface area (Å²) in [6.45, 7) is 0.324. The van der Waals surface area contributed by atoms with Crippen molar-refractivity contribution in [1.29, 1.82) is 0 Å². The fourth-order valence-corrected chi connectivity index (χ4v) is 1.15. The highest BCUT2D eigenvalue weighted by Gasteiger charge is 2.11. The van der Waals surface area contributed by atoms with Gasteiger partial charge in [-0.25, -0.2) is 0 Å². The van der Waals surface area contributed by atoms with E-state index in [-0.39, 0.29) is 11.6 Å². The molecule has 0 aromatic carbocycles. The molecule has 0 spiro atoms. The maximum Gasteiger partial charge on any atom is 0.271 e. The van der Waals surface area contributed by atoms with Crippen LogP contribution in [-0.2, 0) is 6.54 Å². The first-order chi connectivity index (χ1) is 7.27. The molecule has 15 heavy (non-hydrogen) atoms. The van der Waals surface area contributed by atoms with Crippen LogP contribution < -0.4 is 11.1 Å². The van der Waals surface area contributed by atoms with Gasteiger partial charge in [-0.05, 0) is 12.1 Å². The lowest BCUT2D eigenvalue weighted by atomic mass is 10.3. The largest absolute Gasteiger partial charge is 0.467 e. The van der Waals surface area contributed by atoms with Crippen LogP contribution in [0.4, 0.5) is 5.69 Å². The Hall–Kier alpha value is -2.24. The molecular formula is C9H10N4O2. The van der Waals surface area contributed by atoms with Gasteiger partial charge in [-0.3, -0.25) is 9.89 Å². The maximum absolute atomic E-state index is 11.5. The van der Waals surface area contributed by atoms with E-state index in [1.807, 2.05) is 0 Å². The Balaban J connectivity index is 1.96. The zero-order chi connectivity index (χ0) is 10.7. The molecule has 2 heterocycles. The number of aromatic nitrogens is 2. The number of nitrogens with one attached hydrogen (secondary N) is 2. The minimum absolute atomic E-state index is 0.265. The van der Waals surface area contributed by atoms with Crippen molar-refractivity contribution in [3.8, 4) is 0 Å². The molecule has 0 aliphatic carbocycles. The van der Waals surface area contributed by atoms with Crippen molar-refractivity contribution in [2.24, 2.45) is 0 Å². The Kier molecular flexibility index (Phi) is 2.40. The number of carbonyl (C=O) groups excluding carboxylic acids is 1. The molecule has 0 aliphatic heterocycles. The van der Waals surface area contributed by atoms with Crippen molar-refractivity contribution in [2.75, 3.05) is 5.73 Å². The second-order valence-corrected chi connectivity index (χ2v) is 2.96. The minimum Gasteiger partial charge on any atom is -0.467 e. The first-order valence-electron chi connectivity index (χ1n) is 4.37. The van der Waals surface area contributed by atoms with Crippen molar-refractivity contribution in [3.63, 3.8) is 0 Å².